The van der Waals surface area contributed by atoms with Gasteiger partial charge in [-0.2, -0.15) is 5.10 Å². The minimum absolute atomic E-state index is 0.572. The van der Waals surface area contributed by atoms with E-state index in [4.69, 9.17) is 4.74 Å². The average Bonchev–Trinajstić information content (AvgIpc) is 3.17. The summed E-state index contributed by atoms with van der Waals surface area (Å²) in [7, 11) is 1.75. The van der Waals surface area contributed by atoms with Crippen LogP contribution in [0.1, 0.15) is 30.4 Å². The summed E-state index contributed by atoms with van der Waals surface area (Å²) in [5.74, 6) is 1.59. The summed E-state index contributed by atoms with van der Waals surface area (Å²) >= 11 is 0. The third-order valence-corrected chi connectivity index (χ3v) is 4.27. The molecule has 4 heteroatoms. The van der Waals surface area contributed by atoms with Crippen LogP contribution in [0, 0.1) is 0 Å². The molecule has 3 rings (SSSR count). The van der Waals surface area contributed by atoms with E-state index in [1.165, 1.54) is 17.5 Å². The third-order valence-electron chi connectivity index (χ3n) is 4.27. The van der Waals surface area contributed by atoms with Crippen molar-refractivity contribution in [1.82, 2.24) is 14.7 Å². The number of nitrogens with zero attached hydrogens (tertiary/aromatic N) is 3. The highest BCUT2D eigenvalue weighted by Crippen LogP contribution is 2.33. The highest BCUT2D eigenvalue weighted by Gasteiger charge is 2.26. The number of rotatable bonds is 5. The van der Waals surface area contributed by atoms with Gasteiger partial charge in [0.1, 0.15) is 5.75 Å². The molecular weight excluding hydrogens is 262 g/mol. The minimum Gasteiger partial charge on any atom is -0.496 e. The first-order chi connectivity index (χ1) is 10.3. The number of para-hydroxylation sites is 1. The van der Waals surface area contributed by atoms with Gasteiger partial charge in [0, 0.05) is 37.3 Å². The van der Waals surface area contributed by atoms with Crippen LogP contribution in [0.2, 0.25) is 0 Å². The van der Waals surface area contributed by atoms with Gasteiger partial charge in [0.2, 0.25) is 0 Å². The van der Waals surface area contributed by atoms with Crippen LogP contribution in [0.4, 0.5) is 0 Å². The highest BCUT2D eigenvalue weighted by molar-refractivity contribution is 5.37. The Morgan fingerprint density at radius 1 is 1.33 bits per heavy atom. The molecule has 1 aliphatic rings. The van der Waals surface area contributed by atoms with Crippen molar-refractivity contribution in [2.24, 2.45) is 0 Å². The standard InChI is InChI=1S/C17H23N3O/c1-3-20-12-14(10-18-20)11-19-9-8-15(13-19)16-6-4-5-7-17(16)21-2/h4-7,10,12,15H,3,8-9,11,13H2,1-2H3. The molecule has 2 aromatic rings. The van der Waals surface area contributed by atoms with E-state index in [0.717, 1.165) is 31.9 Å². The molecule has 0 amide bonds. The quantitative estimate of drug-likeness (QED) is 0.846. The molecule has 0 spiro atoms. The fourth-order valence-electron chi connectivity index (χ4n) is 3.15. The second-order valence-electron chi connectivity index (χ2n) is 5.67. The maximum Gasteiger partial charge on any atom is 0.122 e. The number of aromatic nitrogens is 2. The van der Waals surface area contributed by atoms with Gasteiger partial charge in [-0.15, -0.1) is 0 Å². The molecule has 4 nitrogen and oxygen atoms in total. The third kappa shape index (κ3) is 3.10. The Morgan fingerprint density at radius 3 is 2.95 bits per heavy atom. The second kappa shape index (κ2) is 6.31. The molecule has 0 N–H and O–H groups in total. The Kier molecular flexibility index (Phi) is 4.25. The van der Waals surface area contributed by atoms with Crippen LogP contribution in [0.15, 0.2) is 36.7 Å². The van der Waals surface area contributed by atoms with Crippen molar-refractivity contribution in [3.05, 3.63) is 47.8 Å². The molecule has 0 radical (unpaired) electrons. The van der Waals surface area contributed by atoms with Gasteiger partial charge in [-0.3, -0.25) is 9.58 Å². The molecule has 1 aliphatic heterocycles. The number of ether oxygens (including phenoxy) is 1. The van der Waals surface area contributed by atoms with Gasteiger partial charge in [0.15, 0.2) is 0 Å². The van der Waals surface area contributed by atoms with Crippen molar-refractivity contribution in [2.75, 3.05) is 20.2 Å². The Hall–Kier alpha value is -1.81. The SMILES string of the molecule is CCn1cc(CN2CCC(c3ccccc3OC)C2)cn1. The molecule has 1 fully saturated rings. The fourth-order valence-corrected chi connectivity index (χ4v) is 3.15. The first-order valence-electron chi connectivity index (χ1n) is 7.66. The largest absolute Gasteiger partial charge is 0.496 e. The average molecular weight is 285 g/mol. The summed E-state index contributed by atoms with van der Waals surface area (Å²) in [5.41, 5.74) is 2.64. The van der Waals surface area contributed by atoms with Crippen LogP contribution in [0.3, 0.4) is 0 Å². The van der Waals surface area contributed by atoms with Crippen molar-refractivity contribution in [3.8, 4) is 5.75 Å². The lowest BCUT2D eigenvalue weighted by Gasteiger charge is -2.16. The molecule has 1 unspecified atom stereocenters. The van der Waals surface area contributed by atoms with Crippen molar-refractivity contribution < 1.29 is 4.74 Å². The van der Waals surface area contributed by atoms with Gasteiger partial charge < -0.3 is 4.74 Å². The zero-order chi connectivity index (χ0) is 14.7. The maximum atomic E-state index is 5.50. The van der Waals surface area contributed by atoms with Crippen LogP contribution in [-0.4, -0.2) is 34.9 Å². The lowest BCUT2D eigenvalue weighted by atomic mass is 9.97. The number of likely N-dealkylation sites (tertiary alicyclic amines) is 1. The van der Waals surface area contributed by atoms with Crippen LogP contribution >= 0.6 is 0 Å². The first-order valence-corrected chi connectivity index (χ1v) is 7.66. The molecule has 1 aromatic heterocycles. The topological polar surface area (TPSA) is 30.3 Å². The van der Waals surface area contributed by atoms with Crippen molar-refractivity contribution >= 4 is 0 Å². The fraction of sp³-hybridized carbons (Fsp3) is 0.471. The van der Waals surface area contributed by atoms with Crippen molar-refractivity contribution in [3.63, 3.8) is 0 Å². The van der Waals surface area contributed by atoms with Crippen LogP contribution in [0.25, 0.3) is 0 Å². The Balaban J connectivity index is 1.65. The normalized spacial score (nSPS) is 19.0. The Bertz CT molecular complexity index is 593. The summed E-state index contributed by atoms with van der Waals surface area (Å²) in [6.45, 7) is 6.28. The molecule has 1 saturated heterocycles. The lowest BCUT2D eigenvalue weighted by Crippen LogP contribution is -2.19. The summed E-state index contributed by atoms with van der Waals surface area (Å²) < 4.78 is 7.49. The number of hydrogen-bond acceptors (Lipinski definition) is 3. The lowest BCUT2D eigenvalue weighted by molar-refractivity contribution is 0.325. The first kappa shape index (κ1) is 14.1. The smallest absolute Gasteiger partial charge is 0.122 e. The molecular formula is C17H23N3O. The molecule has 1 atom stereocenters. The highest BCUT2D eigenvalue weighted by atomic mass is 16.5. The van der Waals surface area contributed by atoms with Crippen LogP contribution < -0.4 is 4.74 Å². The van der Waals surface area contributed by atoms with E-state index < -0.39 is 0 Å². The molecule has 21 heavy (non-hydrogen) atoms. The molecule has 0 saturated carbocycles. The summed E-state index contributed by atoms with van der Waals surface area (Å²) in [5, 5.41) is 4.35. The number of benzene rings is 1. The second-order valence-corrected chi connectivity index (χ2v) is 5.67. The molecule has 0 aliphatic carbocycles. The van der Waals surface area contributed by atoms with E-state index >= 15 is 0 Å². The van der Waals surface area contributed by atoms with E-state index in [1.807, 2.05) is 16.9 Å². The summed E-state index contributed by atoms with van der Waals surface area (Å²) in [6, 6.07) is 8.39. The molecule has 1 aromatic carbocycles. The van der Waals surface area contributed by atoms with Crippen LogP contribution in [0.5, 0.6) is 5.75 Å². The van der Waals surface area contributed by atoms with E-state index in [1.54, 1.807) is 7.11 Å². The van der Waals surface area contributed by atoms with E-state index in [2.05, 4.69) is 41.3 Å². The number of aryl methyl sites for hydroxylation is 1. The van der Waals surface area contributed by atoms with E-state index in [0.29, 0.717) is 5.92 Å². The van der Waals surface area contributed by atoms with E-state index in [9.17, 15) is 0 Å². The van der Waals surface area contributed by atoms with Gasteiger partial charge >= 0.3 is 0 Å². The maximum absolute atomic E-state index is 5.50. The monoisotopic (exact) mass is 285 g/mol. The van der Waals surface area contributed by atoms with Gasteiger partial charge in [-0.1, -0.05) is 18.2 Å². The molecule has 2 heterocycles. The number of methoxy groups -OCH3 is 1. The van der Waals surface area contributed by atoms with E-state index in [-0.39, 0.29) is 0 Å². The van der Waals surface area contributed by atoms with Gasteiger partial charge in [0.25, 0.3) is 0 Å². The minimum atomic E-state index is 0.572. The van der Waals surface area contributed by atoms with Gasteiger partial charge in [-0.05, 0) is 31.5 Å². The predicted octanol–water partition coefficient (Wildman–Crippen LogP) is 2.90. The molecule has 112 valence electrons. The van der Waals surface area contributed by atoms with Gasteiger partial charge in [-0.25, -0.2) is 0 Å². The van der Waals surface area contributed by atoms with Crippen molar-refractivity contribution in [2.45, 2.75) is 32.4 Å². The molecule has 0 bridgehead atoms. The van der Waals surface area contributed by atoms with Crippen molar-refractivity contribution in [1.29, 1.82) is 0 Å². The van der Waals surface area contributed by atoms with Gasteiger partial charge in [0.05, 0.1) is 13.3 Å². The Labute approximate surface area is 126 Å². The number of hydrogen-bond donors (Lipinski definition) is 0. The zero-order valence-corrected chi connectivity index (χ0v) is 12.8. The Morgan fingerprint density at radius 2 is 2.19 bits per heavy atom. The zero-order valence-electron chi connectivity index (χ0n) is 12.8. The van der Waals surface area contributed by atoms with Crippen LogP contribution in [-0.2, 0) is 13.1 Å². The predicted molar refractivity (Wildman–Crippen MR) is 83.5 cm³/mol. The summed E-state index contributed by atoms with van der Waals surface area (Å²) in [4.78, 5) is 2.51. The summed E-state index contributed by atoms with van der Waals surface area (Å²) in [6.07, 6.45) is 5.33.